The maximum absolute atomic E-state index is 11.8. The van der Waals surface area contributed by atoms with E-state index in [-0.39, 0.29) is 18.0 Å². The van der Waals surface area contributed by atoms with Gasteiger partial charge in [0.2, 0.25) is 10.0 Å². The zero-order valence-corrected chi connectivity index (χ0v) is 14.4. The molecule has 0 saturated carbocycles. The molecule has 0 atom stereocenters. The highest BCUT2D eigenvalue weighted by atomic mass is 32.2. The summed E-state index contributed by atoms with van der Waals surface area (Å²) in [5.41, 5.74) is 1.50. The second-order valence-electron chi connectivity index (χ2n) is 4.97. The summed E-state index contributed by atoms with van der Waals surface area (Å²) in [4.78, 5) is 23.9. The molecule has 0 spiro atoms. The number of nitrogens with two attached hydrogens (primary N) is 1. The fourth-order valence-electron chi connectivity index (χ4n) is 1.83. The number of carbonyl (C=O) groups is 2. The zero-order valence-electron chi connectivity index (χ0n) is 12.8. The maximum Gasteiger partial charge on any atom is 0.349 e. The smallest absolute Gasteiger partial charge is 0.349 e. The minimum absolute atomic E-state index is 0.00201. The van der Waals surface area contributed by atoms with E-state index in [0.717, 1.165) is 5.56 Å². The first-order chi connectivity index (χ1) is 11.3. The Bertz CT molecular complexity index is 841. The van der Waals surface area contributed by atoms with Crippen LogP contribution in [0.3, 0.4) is 0 Å². The summed E-state index contributed by atoms with van der Waals surface area (Å²) in [7, 11) is -3.74. The molecule has 2 rings (SSSR count). The third kappa shape index (κ3) is 4.88. The molecular weight excluding hydrogens is 352 g/mol. The second kappa shape index (κ2) is 7.56. The highest BCUT2D eigenvalue weighted by Crippen LogP contribution is 2.16. The monoisotopic (exact) mass is 368 g/mol. The molecule has 1 aromatic heterocycles. The van der Waals surface area contributed by atoms with Crippen LogP contribution >= 0.6 is 11.3 Å². The van der Waals surface area contributed by atoms with Gasteiger partial charge >= 0.3 is 5.97 Å². The van der Waals surface area contributed by atoms with Crippen LogP contribution in [0, 0.1) is 6.92 Å². The first-order valence-corrected chi connectivity index (χ1v) is 9.29. The minimum atomic E-state index is -3.74. The molecule has 0 aliphatic heterocycles. The predicted octanol–water partition coefficient (Wildman–Crippen LogP) is 1.18. The van der Waals surface area contributed by atoms with Crippen molar-refractivity contribution in [2.75, 3.05) is 6.61 Å². The number of amides is 1. The molecule has 2 aromatic rings. The third-order valence-corrected chi connectivity index (χ3v) is 5.05. The molecule has 0 radical (unpaired) electrons. The van der Waals surface area contributed by atoms with Crippen molar-refractivity contribution >= 4 is 33.2 Å². The molecule has 24 heavy (non-hydrogen) atoms. The van der Waals surface area contributed by atoms with E-state index in [9.17, 15) is 18.0 Å². The molecule has 9 heteroatoms. The SMILES string of the molecule is Cc1ccsc1C(=O)OCC(=O)NCc1ccc(S(N)(=O)=O)cc1. The van der Waals surface area contributed by atoms with Gasteiger partial charge in [-0.25, -0.2) is 18.4 Å². The molecule has 1 amide bonds. The fraction of sp³-hybridized carbons (Fsp3) is 0.200. The molecule has 128 valence electrons. The van der Waals surface area contributed by atoms with E-state index in [1.54, 1.807) is 30.5 Å². The van der Waals surface area contributed by atoms with Crippen LogP contribution in [0.5, 0.6) is 0 Å². The molecule has 3 N–H and O–H groups in total. The number of rotatable bonds is 6. The van der Waals surface area contributed by atoms with Gasteiger partial charge in [0.1, 0.15) is 4.88 Å². The Kier molecular flexibility index (Phi) is 5.71. The van der Waals surface area contributed by atoms with Crippen LogP contribution in [0.2, 0.25) is 0 Å². The van der Waals surface area contributed by atoms with Crippen molar-refractivity contribution in [2.24, 2.45) is 5.14 Å². The average molecular weight is 368 g/mol. The Labute approximate surface area is 143 Å². The topological polar surface area (TPSA) is 116 Å². The second-order valence-corrected chi connectivity index (χ2v) is 7.45. The van der Waals surface area contributed by atoms with E-state index in [0.29, 0.717) is 10.4 Å². The first kappa shape index (κ1) is 18.1. The fourth-order valence-corrected chi connectivity index (χ4v) is 3.16. The van der Waals surface area contributed by atoms with E-state index >= 15 is 0 Å². The third-order valence-electron chi connectivity index (χ3n) is 3.12. The normalized spacial score (nSPS) is 11.1. The number of ether oxygens (including phenoxy) is 1. The van der Waals surface area contributed by atoms with Gasteiger partial charge in [-0.15, -0.1) is 11.3 Å². The Morgan fingerprint density at radius 2 is 1.88 bits per heavy atom. The van der Waals surface area contributed by atoms with E-state index in [2.05, 4.69) is 5.32 Å². The number of carbonyl (C=O) groups excluding carboxylic acids is 2. The summed E-state index contributed by atoms with van der Waals surface area (Å²) < 4.78 is 27.2. The number of thiophene rings is 1. The number of hydrogen-bond acceptors (Lipinski definition) is 6. The Balaban J connectivity index is 1.81. The van der Waals surface area contributed by atoms with Crippen molar-refractivity contribution < 1.29 is 22.7 Å². The summed E-state index contributed by atoms with van der Waals surface area (Å²) in [6.07, 6.45) is 0. The summed E-state index contributed by atoms with van der Waals surface area (Å²) >= 11 is 1.26. The number of hydrogen-bond donors (Lipinski definition) is 2. The molecule has 0 bridgehead atoms. The largest absolute Gasteiger partial charge is 0.451 e. The lowest BCUT2D eigenvalue weighted by atomic mass is 10.2. The molecule has 0 unspecified atom stereocenters. The lowest BCUT2D eigenvalue weighted by molar-refractivity contribution is -0.124. The van der Waals surface area contributed by atoms with E-state index in [1.165, 1.54) is 23.5 Å². The van der Waals surface area contributed by atoms with Crippen molar-refractivity contribution in [1.29, 1.82) is 0 Å². The lowest BCUT2D eigenvalue weighted by Crippen LogP contribution is -2.28. The van der Waals surface area contributed by atoms with Crippen molar-refractivity contribution in [3.8, 4) is 0 Å². The molecule has 0 aliphatic rings. The summed E-state index contributed by atoms with van der Waals surface area (Å²) in [6.45, 7) is 1.59. The van der Waals surface area contributed by atoms with Gasteiger partial charge in [-0.1, -0.05) is 12.1 Å². The number of primary sulfonamides is 1. The molecule has 1 heterocycles. The van der Waals surface area contributed by atoms with Gasteiger partial charge in [0.25, 0.3) is 5.91 Å². The number of benzene rings is 1. The summed E-state index contributed by atoms with van der Waals surface area (Å²) in [5.74, 6) is -0.983. The lowest BCUT2D eigenvalue weighted by Gasteiger charge is -2.07. The Morgan fingerprint density at radius 1 is 1.21 bits per heavy atom. The van der Waals surface area contributed by atoms with Crippen molar-refractivity contribution in [3.63, 3.8) is 0 Å². The summed E-state index contributed by atoms with van der Waals surface area (Å²) in [6, 6.07) is 7.60. The van der Waals surface area contributed by atoms with Gasteiger partial charge in [-0.3, -0.25) is 4.79 Å². The van der Waals surface area contributed by atoms with Gasteiger partial charge in [0, 0.05) is 6.54 Å². The maximum atomic E-state index is 11.8. The van der Waals surface area contributed by atoms with Crippen LogP contribution in [0.1, 0.15) is 20.8 Å². The first-order valence-electron chi connectivity index (χ1n) is 6.87. The predicted molar refractivity (Wildman–Crippen MR) is 89.0 cm³/mol. The van der Waals surface area contributed by atoms with Crippen LogP contribution < -0.4 is 10.5 Å². The quantitative estimate of drug-likeness (QED) is 0.743. The minimum Gasteiger partial charge on any atom is -0.451 e. The molecule has 0 fully saturated rings. The van der Waals surface area contributed by atoms with Gasteiger partial charge in [-0.2, -0.15) is 0 Å². The van der Waals surface area contributed by atoms with Crippen LogP contribution in [-0.4, -0.2) is 26.9 Å². The highest BCUT2D eigenvalue weighted by molar-refractivity contribution is 7.89. The molecule has 7 nitrogen and oxygen atoms in total. The van der Waals surface area contributed by atoms with E-state index < -0.39 is 21.9 Å². The van der Waals surface area contributed by atoms with Gasteiger partial charge in [-0.05, 0) is 41.6 Å². The standard InChI is InChI=1S/C15H16N2O5S2/c1-10-6-7-23-14(10)15(19)22-9-13(18)17-8-11-2-4-12(5-3-11)24(16,20)21/h2-7H,8-9H2,1H3,(H,17,18)(H2,16,20,21). The molecule has 0 saturated heterocycles. The number of aryl methyl sites for hydroxylation is 1. The molecule has 1 aromatic carbocycles. The van der Waals surface area contributed by atoms with Gasteiger partial charge in [0.05, 0.1) is 4.90 Å². The Morgan fingerprint density at radius 3 is 2.42 bits per heavy atom. The van der Waals surface area contributed by atoms with E-state index in [1.807, 2.05) is 0 Å². The number of nitrogens with one attached hydrogen (secondary N) is 1. The molecular formula is C15H16N2O5S2. The van der Waals surface area contributed by atoms with Crippen LogP contribution in [-0.2, 0) is 26.1 Å². The highest BCUT2D eigenvalue weighted by Gasteiger charge is 2.14. The molecule has 0 aliphatic carbocycles. The van der Waals surface area contributed by atoms with Crippen LogP contribution in [0.25, 0.3) is 0 Å². The number of sulfonamides is 1. The van der Waals surface area contributed by atoms with Crippen LogP contribution in [0.15, 0.2) is 40.6 Å². The van der Waals surface area contributed by atoms with Crippen molar-refractivity contribution in [3.05, 3.63) is 51.7 Å². The van der Waals surface area contributed by atoms with Crippen LogP contribution in [0.4, 0.5) is 0 Å². The zero-order chi connectivity index (χ0) is 17.7. The van der Waals surface area contributed by atoms with E-state index in [4.69, 9.17) is 9.88 Å². The van der Waals surface area contributed by atoms with Gasteiger partial charge in [0.15, 0.2) is 6.61 Å². The van der Waals surface area contributed by atoms with Crippen molar-refractivity contribution in [1.82, 2.24) is 5.32 Å². The van der Waals surface area contributed by atoms with Gasteiger partial charge < -0.3 is 10.1 Å². The summed E-state index contributed by atoms with van der Waals surface area (Å²) in [5, 5.41) is 9.36. The number of esters is 1. The Hall–Kier alpha value is -2.23. The average Bonchev–Trinajstić information content (AvgIpc) is 2.96. The van der Waals surface area contributed by atoms with Crippen molar-refractivity contribution in [2.45, 2.75) is 18.4 Å².